The summed E-state index contributed by atoms with van der Waals surface area (Å²) in [7, 11) is 0. The highest BCUT2D eigenvalue weighted by molar-refractivity contribution is 5.92. The fourth-order valence-corrected chi connectivity index (χ4v) is 4.20. The van der Waals surface area contributed by atoms with Crippen LogP contribution in [0.15, 0.2) is 54.6 Å². The van der Waals surface area contributed by atoms with Crippen molar-refractivity contribution < 1.29 is 14.0 Å². The number of halogens is 1. The van der Waals surface area contributed by atoms with Crippen LogP contribution in [0.5, 0.6) is 0 Å². The van der Waals surface area contributed by atoms with Gasteiger partial charge in [0.2, 0.25) is 11.6 Å². The monoisotopic (exact) mass is 453 g/mol. The van der Waals surface area contributed by atoms with Gasteiger partial charge in [0.05, 0.1) is 0 Å². The Morgan fingerprint density at radius 2 is 1.79 bits per heavy atom. The van der Waals surface area contributed by atoms with Gasteiger partial charge in [0.25, 0.3) is 5.91 Å². The van der Waals surface area contributed by atoms with Gasteiger partial charge in [0.1, 0.15) is 0 Å². The molecule has 2 aromatic rings. The molecule has 1 saturated heterocycles. The Hall–Kier alpha value is -2.73. The Labute approximate surface area is 196 Å². The Kier molecular flexibility index (Phi) is 8.61. The molecule has 0 radical (unpaired) electrons. The molecule has 0 saturated carbocycles. The van der Waals surface area contributed by atoms with Crippen molar-refractivity contribution in [2.45, 2.75) is 51.6 Å². The summed E-state index contributed by atoms with van der Waals surface area (Å²) >= 11 is 0. The molecule has 2 N–H and O–H groups in total. The van der Waals surface area contributed by atoms with Crippen molar-refractivity contribution in [3.63, 3.8) is 0 Å². The second-order valence-corrected chi connectivity index (χ2v) is 9.36. The number of nitrogens with one attached hydrogen (secondary N) is 2. The number of likely N-dealkylation sites (tertiary alicyclic amines) is 1. The first-order valence-corrected chi connectivity index (χ1v) is 11.9. The van der Waals surface area contributed by atoms with E-state index in [1.165, 1.54) is 12.5 Å². The summed E-state index contributed by atoms with van der Waals surface area (Å²) in [4.78, 5) is 26.7. The van der Waals surface area contributed by atoms with Crippen LogP contribution in [-0.2, 0) is 15.3 Å². The topological polar surface area (TPSA) is 61.4 Å². The van der Waals surface area contributed by atoms with E-state index in [2.05, 4.69) is 27.7 Å². The summed E-state index contributed by atoms with van der Waals surface area (Å²) < 4.78 is 14.9. The number of anilines is 1. The third-order valence-electron chi connectivity index (χ3n) is 6.42. The Bertz CT molecular complexity index is 922. The molecule has 0 bridgehead atoms. The van der Waals surface area contributed by atoms with Crippen molar-refractivity contribution in [1.82, 2.24) is 10.2 Å². The van der Waals surface area contributed by atoms with Crippen molar-refractivity contribution in [1.29, 1.82) is 0 Å². The van der Waals surface area contributed by atoms with Crippen molar-refractivity contribution in [2.75, 3.05) is 31.5 Å². The number of amides is 2. The minimum Gasteiger partial charge on any atom is -0.353 e. The maximum Gasteiger partial charge on any atom is 0.262 e. The largest absolute Gasteiger partial charge is 0.353 e. The van der Waals surface area contributed by atoms with Crippen molar-refractivity contribution in [3.05, 3.63) is 65.7 Å². The van der Waals surface area contributed by atoms with Crippen LogP contribution in [-0.4, -0.2) is 42.9 Å². The average Bonchev–Trinajstić information content (AvgIpc) is 2.82. The van der Waals surface area contributed by atoms with Crippen LogP contribution in [0.4, 0.5) is 10.1 Å². The molecule has 1 heterocycles. The zero-order valence-corrected chi connectivity index (χ0v) is 19.9. The van der Waals surface area contributed by atoms with E-state index in [1.807, 2.05) is 32.0 Å². The zero-order chi connectivity index (χ0) is 23.8. The summed E-state index contributed by atoms with van der Waals surface area (Å²) in [6.07, 6.45) is 2.91. The molecule has 0 aliphatic carbocycles. The number of rotatable bonds is 9. The van der Waals surface area contributed by atoms with Gasteiger partial charge in [0.15, 0.2) is 0 Å². The number of hydrogen-bond acceptors (Lipinski definition) is 3. The van der Waals surface area contributed by atoms with E-state index < -0.39 is 11.6 Å². The molecule has 2 aromatic carbocycles. The van der Waals surface area contributed by atoms with Gasteiger partial charge >= 0.3 is 0 Å². The quantitative estimate of drug-likeness (QED) is 0.534. The molecular formula is C27H36FN3O2. The highest BCUT2D eigenvalue weighted by Crippen LogP contribution is 2.30. The predicted molar refractivity (Wildman–Crippen MR) is 131 cm³/mol. The average molecular weight is 454 g/mol. The van der Waals surface area contributed by atoms with Gasteiger partial charge < -0.3 is 15.5 Å². The number of alkyl halides is 1. The van der Waals surface area contributed by atoms with Crippen LogP contribution in [0.25, 0.3) is 0 Å². The van der Waals surface area contributed by atoms with Crippen LogP contribution >= 0.6 is 0 Å². The number of benzene rings is 2. The fraction of sp³-hybridized carbons (Fsp3) is 0.481. The number of nitrogens with zero attached hydrogens (tertiary/aromatic N) is 1. The second-order valence-electron chi connectivity index (χ2n) is 9.36. The smallest absolute Gasteiger partial charge is 0.262 e. The van der Waals surface area contributed by atoms with Crippen molar-refractivity contribution in [3.8, 4) is 0 Å². The highest BCUT2D eigenvalue weighted by Gasteiger charge is 2.34. The molecule has 0 unspecified atom stereocenters. The van der Waals surface area contributed by atoms with Gasteiger partial charge in [-0.05, 0) is 75.0 Å². The molecule has 33 heavy (non-hydrogen) atoms. The van der Waals surface area contributed by atoms with Crippen LogP contribution in [0, 0.1) is 5.92 Å². The number of carbonyl (C=O) groups is 2. The SMILES string of the molecule is CC(C)C(=O)Nc1cccc(C2CCN(CCCNC(=O)[C@@](C)(F)c3ccccc3)CC2)c1. The van der Waals surface area contributed by atoms with E-state index >= 15 is 0 Å². The summed E-state index contributed by atoms with van der Waals surface area (Å²) in [5.41, 5.74) is 0.478. The van der Waals surface area contributed by atoms with E-state index in [4.69, 9.17) is 0 Å². The maximum absolute atomic E-state index is 14.9. The molecule has 3 rings (SSSR count). The standard InChI is InChI=1S/C27H36FN3O2/c1-20(2)25(32)30-24-12-7-9-22(19-24)21-13-17-31(18-14-21)16-8-15-29-26(33)27(3,28)23-10-5-4-6-11-23/h4-7,9-12,19-21H,8,13-18H2,1-3H3,(H,29,33)(H,30,32)/t27-/m0/s1. The maximum atomic E-state index is 14.9. The molecule has 6 heteroatoms. The summed E-state index contributed by atoms with van der Waals surface area (Å²) in [6, 6.07) is 16.7. The van der Waals surface area contributed by atoms with Crippen molar-refractivity contribution >= 4 is 17.5 Å². The van der Waals surface area contributed by atoms with E-state index in [1.54, 1.807) is 24.3 Å². The third kappa shape index (κ3) is 6.87. The van der Waals surface area contributed by atoms with Gasteiger partial charge in [0, 0.05) is 18.2 Å². The summed E-state index contributed by atoms with van der Waals surface area (Å²) in [5.74, 6) is -0.114. The molecule has 0 spiro atoms. The Morgan fingerprint density at radius 3 is 2.45 bits per heavy atom. The molecule has 2 amide bonds. The number of piperidine rings is 1. The van der Waals surface area contributed by atoms with Crippen LogP contribution in [0.2, 0.25) is 0 Å². The first-order chi connectivity index (χ1) is 15.8. The summed E-state index contributed by atoms with van der Waals surface area (Å²) in [5, 5.41) is 5.73. The first kappa shape index (κ1) is 24.9. The van der Waals surface area contributed by atoms with E-state index in [-0.39, 0.29) is 11.8 Å². The highest BCUT2D eigenvalue weighted by atomic mass is 19.1. The second kappa shape index (κ2) is 11.4. The molecule has 1 fully saturated rings. The van der Waals surface area contributed by atoms with Gasteiger partial charge in [-0.3, -0.25) is 9.59 Å². The lowest BCUT2D eigenvalue weighted by Crippen LogP contribution is -2.41. The zero-order valence-electron chi connectivity index (χ0n) is 19.9. The van der Waals surface area contributed by atoms with E-state index in [0.29, 0.717) is 18.0 Å². The van der Waals surface area contributed by atoms with Gasteiger partial charge in [-0.15, -0.1) is 0 Å². The van der Waals surface area contributed by atoms with E-state index in [0.717, 1.165) is 44.6 Å². The lowest BCUT2D eigenvalue weighted by Gasteiger charge is -2.32. The van der Waals surface area contributed by atoms with Crippen LogP contribution in [0.1, 0.15) is 57.1 Å². The minimum absolute atomic E-state index is 0.0332. The first-order valence-electron chi connectivity index (χ1n) is 11.9. The van der Waals surface area contributed by atoms with Crippen molar-refractivity contribution in [2.24, 2.45) is 5.92 Å². The molecule has 5 nitrogen and oxygen atoms in total. The van der Waals surface area contributed by atoms with Gasteiger partial charge in [-0.2, -0.15) is 0 Å². The molecular weight excluding hydrogens is 417 g/mol. The molecule has 178 valence electrons. The summed E-state index contributed by atoms with van der Waals surface area (Å²) in [6.45, 7) is 8.41. The third-order valence-corrected chi connectivity index (χ3v) is 6.42. The Balaban J connectivity index is 1.40. The normalized spacial score (nSPS) is 16.9. The lowest BCUT2D eigenvalue weighted by atomic mass is 9.89. The van der Waals surface area contributed by atoms with E-state index in [9.17, 15) is 14.0 Å². The van der Waals surface area contributed by atoms with Crippen LogP contribution in [0.3, 0.4) is 0 Å². The Morgan fingerprint density at radius 1 is 1.09 bits per heavy atom. The fourth-order valence-electron chi connectivity index (χ4n) is 4.20. The van der Waals surface area contributed by atoms with Crippen LogP contribution < -0.4 is 10.6 Å². The molecule has 1 atom stereocenters. The minimum atomic E-state index is -2.03. The number of carbonyl (C=O) groups excluding carboxylic acids is 2. The predicted octanol–water partition coefficient (Wildman–Crippen LogP) is 4.85. The molecule has 0 aromatic heterocycles. The van der Waals surface area contributed by atoms with Gasteiger partial charge in [-0.25, -0.2) is 4.39 Å². The molecule has 1 aliphatic rings. The number of hydrogen-bond donors (Lipinski definition) is 2. The molecule has 1 aliphatic heterocycles. The lowest BCUT2D eigenvalue weighted by molar-refractivity contribution is -0.132. The van der Waals surface area contributed by atoms with Gasteiger partial charge in [-0.1, -0.05) is 56.3 Å².